The molecule has 0 radical (unpaired) electrons. The van der Waals surface area contributed by atoms with Crippen LogP contribution in [0.3, 0.4) is 0 Å². The number of rotatable bonds is 2. The zero-order valence-electron chi connectivity index (χ0n) is 7.46. The third-order valence-corrected chi connectivity index (χ3v) is 2.74. The number of ether oxygens (including phenoxy) is 1. The summed E-state index contributed by atoms with van der Waals surface area (Å²) in [7, 11) is 0. The first-order valence-electron chi connectivity index (χ1n) is 4.82. The zero-order chi connectivity index (χ0) is 9.26. The first-order chi connectivity index (χ1) is 6.25. The Hall–Kier alpha value is -0.640. The second kappa shape index (κ2) is 3.62. The van der Waals surface area contributed by atoms with Crippen LogP contribution >= 0.6 is 0 Å². The molecule has 0 amide bonds. The van der Waals surface area contributed by atoms with Gasteiger partial charge in [-0.1, -0.05) is 0 Å². The lowest BCUT2D eigenvalue weighted by molar-refractivity contribution is -0.139. The van der Waals surface area contributed by atoms with Gasteiger partial charge in [-0.15, -0.1) is 0 Å². The van der Waals surface area contributed by atoms with E-state index in [1.807, 2.05) is 0 Å². The molecule has 0 aromatic heterocycles. The fourth-order valence-electron chi connectivity index (χ4n) is 2.01. The summed E-state index contributed by atoms with van der Waals surface area (Å²) in [6, 6.07) is -0.0130. The first-order valence-corrected chi connectivity index (χ1v) is 4.82. The number of carbonyl (C=O) groups excluding carboxylic acids is 1. The van der Waals surface area contributed by atoms with E-state index >= 15 is 0 Å². The van der Waals surface area contributed by atoms with Crippen LogP contribution in [0.5, 0.6) is 0 Å². The van der Waals surface area contributed by atoms with Gasteiger partial charge in [-0.2, -0.15) is 0 Å². The maximum atomic E-state index is 12.8. The van der Waals surface area contributed by atoms with Gasteiger partial charge < -0.3 is 10.1 Å². The Bertz CT molecular complexity index is 210. The highest BCUT2D eigenvalue weighted by Crippen LogP contribution is 2.23. The van der Waals surface area contributed by atoms with E-state index in [1.165, 1.54) is 0 Å². The second-order valence-corrected chi connectivity index (χ2v) is 3.78. The number of hydrogen-bond acceptors (Lipinski definition) is 3. The van der Waals surface area contributed by atoms with E-state index in [-0.39, 0.29) is 18.1 Å². The number of alkyl halides is 1. The van der Waals surface area contributed by atoms with E-state index in [4.69, 9.17) is 4.74 Å². The lowest BCUT2D eigenvalue weighted by atomic mass is 10.2. The maximum absolute atomic E-state index is 12.8. The molecule has 2 rings (SSSR count). The Labute approximate surface area is 76.6 Å². The molecule has 0 aromatic carbocycles. The minimum atomic E-state index is -0.685. The maximum Gasteiger partial charge on any atom is 0.323 e. The van der Waals surface area contributed by atoms with Crippen molar-refractivity contribution >= 4 is 5.97 Å². The Balaban J connectivity index is 1.81. The van der Waals surface area contributed by atoms with Crippen molar-refractivity contribution in [1.82, 2.24) is 5.32 Å². The highest BCUT2D eigenvalue weighted by molar-refractivity contribution is 5.77. The molecule has 0 aromatic rings. The molecular weight excluding hydrogens is 173 g/mol. The quantitative estimate of drug-likeness (QED) is 0.649. The van der Waals surface area contributed by atoms with Gasteiger partial charge in [-0.25, -0.2) is 4.39 Å². The summed E-state index contributed by atoms with van der Waals surface area (Å²) in [6.07, 6.45) is 2.05. The summed E-state index contributed by atoms with van der Waals surface area (Å²) in [5.74, 6) is -0.178. The predicted molar refractivity (Wildman–Crippen MR) is 45.0 cm³/mol. The largest absolute Gasteiger partial charge is 0.464 e. The van der Waals surface area contributed by atoms with Gasteiger partial charge in [0.1, 0.15) is 12.2 Å². The number of nitrogens with one attached hydrogen (secondary N) is 1. The topological polar surface area (TPSA) is 38.3 Å². The SMILES string of the molecule is O=C1OCCC1NC1CCC(F)C1. The van der Waals surface area contributed by atoms with Crippen LogP contribution < -0.4 is 5.32 Å². The normalized spacial score (nSPS) is 39.5. The van der Waals surface area contributed by atoms with Gasteiger partial charge in [-0.05, 0) is 19.3 Å². The molecule has 74 valence electrons. The van der Waals surface area contributed by atoms with E-state index in [9.17, 15) is 9.18 Å². The summed E-state index contributed by atoms with van der Waals surface area (Å²) in [4.78, 5) is 11.1. The van der Waals surface area contributed by atoms with Gasteiger partial charge in [0, 0.05) is 12.5 Å². The van der Waals surface area contributed by atoms with Crippen LogP contribution in [0.25, 0.3) is 0 Å². The molecular formula is C9H14FNO2. The van der Waals surface area contributed by atoms with Crippen molar-refractivity contribution in [2.75, 3.05) is 6.61 Å². The lowest BCUT2D eigenvalue weighted by Crippen LogP contribution is -2.39. The molecule has 3 nitrogen and oxygen atoms in total. The van der Waals surface area contributed by atoms with E-state index in [2.05, 4.69) is 5.32 Å². The fraction of sp³-hybridized carbons (Fsp3) is 0.889. The molecule has 2 fully saturated rings. The monoisotopic (exact) mass is 187 g/mol. The van der Waals surface area contributed by atoms with Crippen molar-refractivity contribution in [2.45, 2.75) is 43.9 Å². The predicted octanol–water partition coefficient (Wildman–Crippen LogP) is 0.782. The Morgan fingerprint density at radius 2 is 2.23 bits per heavy atom. The van der Waals surface area contributed by atoms with Crippen molar-refractivity contribution in [3.05, 3.63) is 0 Å². The molecule has 2 aliphatic rings. The molecule has 1 aliphatic carbocycles. The third-order valence-electron chi connectivity index (χ3n) is 2.74. The van der Waals surface area contributed by atoms with Crippen molar-refractivity contribution in [3.63, 3.8) is 0 Å². The summed E-state index contributed by atoms with van der Waals surface area (Å²) in [5, 5.41) is 3.14. The minimum absolute atomic E-state index is 0.172. The summed E-state index contributed by atoms with van der Waals surface area (Å²) in [6.45, 7) is 0.502. The average Bonchev–Trinajstić information content (AvgIpc) is 2.64. The summed E-state index contributed by atoms with van der Waals surface area (Å²) >= 11 is 0. The van der Waals surface area contributed by atoms with E-state index in [0.29, 0.717) is 19.4 Å². The van der Waals surface area contributed by atoms with Crippen LogP contribution in [0.1, 0.15) is 25.7 Å². The van der Waals surface area contributed by atoms with E-state index < -0.39 is 6.17 Å². The molecule has 3 atom stereocenters. The van der Waals surface area contributed by atoms with Crippen LogP contribution in [0, 0.1) is 0 Å². The minimum Gasteiger partial charge on any atom is -0.464 e. The Morgan fingerprint density at radius 3 is 2.77 bits per heavy atom. The van der Waals surface area contributed by atoms with Gasteiger partial charge in [0.05, 0.1) is 6.61 Å². The van der Waals surface area contributed by atoms with E-state index in [1.54, 1.807) is 0 Å². The smallest absolute Gasteiger partial charge is 0.323 e. The molecule has 0 bridgehead atoms. The molecule has 13 heavy (non-hydrogen) atoms. The summed E-state index contributed by atoms with van der Waals surface area (Å²) < 4.78 is 17.6. The molecule has 1 aliphatic heterocycles. The van der Waals surface area contributed by atoms with Crippen LogP contribution in [0.2, 0.25) is 0 Å². The molecule has 0 spiro atoms. The molecule has 1 heterocycles. The summed E-state index contributed by atoms with van der Waals surface area (Å²) in [5.41, 5.74) is 0. The van der Waals surface area contributed by atoms with Gasteiger partial charge >= 0.3 is 5.97 Å². The highest BCUT2D eigenvalue weighted by atomic mass is 19.1. The zero-order valence-corrected chi connectivity index (χ0v) is 7.46. The molecule has 3 unspecified atom stereocenters. The number of cyclic esters (lactones) is 1. The van der Waals surface area contributed by atoms with Crippen LogP contribution in [-0.2, 0) is 9.53 Å². The first kappa shape index (κ1) is 8.94. The lowest BCUT2D eigenvalue weighted by Gasteiger charge is -2.14. The number of halogens is 1. The van der Waals surface area contributed by atoms with Gasteiger partial charge in [-0.3, -0.25) is 4.79 Å². The molecule has 1 N–H and O–H groups in total. The second-order valence-electron chi connectivity index (χ2n) is 3.78. The van der Waals surface area contributed by atoms with Crippen molar-refractivity contribution in [2.24, 2.45) is 0 Å². The van der Waals surface area contributed by atoms with Crippen LogP contribution in [0.4, 0.5) is 4.39 Å². The third kappa shape index (κ3) is 1.99. The van der Waals surface area contributed by atoms with Crippen molar-refractivity contribution in [3.8, 4) is 0 Å². The number of esters is 1. The Kier molecular flexibility index (Phi) is 2.49. The molecule has 1 saturated carbocycles. The fourth-order valence-corrected chi connectivity index (χ4v) is 2.01. The number of carbonyl (C=O) groups is 1. The van der Waals surface area contributed by atoms with Gasteiger partial charge in [0.25, 0.3) is 0 Å². The number of hydrogen-bond donors (Lipinski definition) is 1. The standard InChI is InChI=1S/C9H14FNO2/c10-6-1-2-7(5-6)11-8-3-4-13-9(8)12/h6-8,11H,1-5H2. The van der Waals surface area contributed by atoms with Gasteiger partial charge in [0.2, 0.25) is 0 Å². The molecule has 1 saturated heterocycles. The van der Waals surface area contributed by atoms with Crippen LogP contribution in [0.15, 0.2) is 0 Å². The van der Waals surface area contributed by atoms with Crippen LogP contribution in [-0.4, -0.2) is 30.8 Å². The average molecular weight is 187 g/mol. The highest BCUT2D eigenvalue weighted by Gasteiger charge is 2.32. The van der Waals surface area contributed by atoms with Crippen molar-refractivity contribution < 1.29 is 13.9 Å². The van der Waals surface area contributed by atoms with Crippen molar-refractivity contribution in [1.29, 1.82) is 0 Å². The Morgan fingerprint density at radius 1 is 1.38 bits per heavy atom. The van der Waals surface area contributed by atoms with Gasteiger partial charge in [0.15, 0.2) is 0 Å². The molecule has 4 heteroatoms. The van der Waals surface area contributed by atoms with E-state index in [0.717, 1.165) is 12.8 Å².